The molecule has 60 heavy (non-hydrogen) atoms. The summed E-state index contributed by atoms with van der Waals surface area (Å²) in [5.41, 5.74) is 7.78. The predicted molar refractivity (Wildman–Crippen MR) is 252 cm³/mol. The van der Waals surface area contributed by atoms with E-state index in [0.29, 0.717) is 17.5 Å². The lowest BCUT2D eigenvalue weighted by atomic mass is 9.83. The summed E-state index contributed by atoms with van der Waals surface area (Å²) in [6.45, 7) is 0. The van der Waals surface area contributed by atoms with E-state index in [1.165, 1.54) is 65.3 Å². The van der Waals surface area contributed by atoms with Crippen LogP contribution in [-0.2, 0) is 0 Å². The molecule has 0 aliphatic heterocycles. The number of benzene rings is 11. The molecule has 1 heterocycles. The smallest absolute Gasteiger partial charge is 0.165 e. The van der Waals surface area contributed by atoms with E-state index in [-0.39, 0.29) is 0 Å². The van der Waals surface area contributed by atoms with Crippen LogP contribution in [0.2, 0.25) is 0 Å². The van der Waals surface area contributed by atoms with E-state index >= 15 is 0 Å². The quantitative estimate of drug-likeness (QED) is 0.129. The van der Waals surface area contributed by atoms with Crippen molar-refractivity contribution in [2.75, 3.05) is 0 Å². The highest BCUT2D eigenvalue weighted by molar-refractivity contribution is 6.29. The minimum absolute atomic E-state index is 0.645. The van der Waals surface area contributed by atoms with Crippen LogP contribution in [0.4, 0.5) is 0 Å². The van der Waals surface area contributed by atoms with Crippen LogP contribution in [0, 0.1) is 0 Å². The molecule has 0 amide bonds. The third kappa shape index (κ3) is 5.40. The van der Waals surface area contributed by atoms with Crippen molar-refractivity contribution in [2.45, 2.75) is 0 Å². The van der Waals surface area contributed by atoms with E-state index in [0.717, 1.165) is 38.2 Å². The van der Waals surface area contributed by atoms with Gasteiger partial charge in [0.1, 0.15) is 0 Å². The average molecular weight is 762 g/mol. The Labute approximate surface area is 346 Å². The number of nitrogens with zero attached hydrogens (tertiary/aromatic N) is 3. The monoisotopic (exact) mass is 761 g/mol. The Bertz CT molecular complexity index is 3530. The lowest BCUT2D eigenvalue weighted by Crippen LogP contribution is -2.01. The van der Waals surface area contributed by atoms with Crippen molar-refractivity contribution in [1.82, 2.24) is 15.0 Å². The summed E-state index contributed by atoms with van der Waals surface area (Å²) >= 11 is 0. The number of aromatic nitrogens is 3. The molecule has 3 heteroatoms. The summed E-state index contributed by atoms with van der Waals surface area (Å²) in [6.07, 6.45) is 0. The van der Waals surface area contributed by atoms with Gasteiger partial charge in [0.05, 0.1) is 0 Å². The van der Waals surface area contributed by atoms with Gasteiger partial charge in [-0.1, -0.05) is 200 Å². The van der Waals surface area contributed by atoms with Crippen molar-refractivity contribution < 1.29 is 0 Å². The Morgan fingerprint density at radius 1 is 0.217 bits per heavy atom. The van der Waals surface area contributed by atoms with Crippen LogP contribution < -0.4 is 0 Å². The van der Waals surface area contributed by atoms with Crippen molar-refractivity contribution in [3.8, 4) is 56.4 Å². The van der Waals surface area contributed by atoms with E-state index in [2.05, 4.69) is 176 Å². The van der Waals surface area contributed by atoms with Gasteiger partial charge in [-0.2, -0.15) is 0 Å². The third-order valence-electron chi connectivity index (χ3n) is 12.1. The molecule has 0 unspecified atom stereocenters. The van der Waals surface area contributed by atoms with Crippen LogP contribution in [0.3, 0.4) is 0 Å². The summed E-state index contributed by atoms with van der Waals surface area (Å²) in [5.74, 6) is 1.94. The fourth-order valence-corrected chi connectivity index (χ4v) is 9.42. The van der Waals surface area contributed by atoms with Crippen molar-refractivity contribution in [1.29, 1.82) is 0 Å². The largest absolute Gasteiger partial charge is 0.208 e. The Hall–Kier alpha value is -8.01. The van der Waals surface area contributed by atoms with Gasteiger partial charge in [0.25, 0.3) is 0 Å². The Kier molecular flexibility index (Phi) is 7.85. The fraction of sp³-hybridized carbons (Fsp3) is 0. The van der Waals surface area contributed by atoms with Crippen molar-refractivity contribution in [2.24, 2.45) is 0 Å². The summed E-state index contributed by atoms with van der Waals surface area (Å²) in [7, 11) is 0. The summed E-state index contributed by atoms with van der Waals surface area (Å²) in [6, 6.07) is 76.0. The minimum atomic E-state index is 0.645. The highest BCUT2D eigenvalue weighted by Gasteiger charge is 2.23. The fourth-order valence-electron chi connectivity index (χ4n) is 9.42. The molecule has 278 valence electrons. The maximum absolute atomic E-state index is 5.26. The second-order valence-corrected chi connectivity index (χ2v) is 15.4. The number of hydrogen-bond donors (Lipinski definition) is 0. The molecule has 0 bridgehead atoms. The van der Waals surface area contributed by atoms with Crippen LogP contribution >= 0.6 is 0 Å². The van der Waals surface area contributed by atoms with Gasteiger partial charge in [0, 0.05) is 16.7 Å². The standard InChI is InChI=1S/C57H35N3/c1-3-19-37(20-4-1)55-58-56(38-21-5-2-6-22-38)60-57(59-55)54-47-31-15-13-29-45(47)53(46-30-14-16-32-48(46)54)52-35-51-42-26-10-9-25-41(42)49(34-50(51)43-27-11-12-28-44(43)52)40-33-17-23-36-18-7-8-24-39(36)40/h1-35H. The summed E-state index contributed by atoms with van der Waals surface area (Å²) < 4.78 is 0. The van der Waals surface area contributed by atoms with Crippen LogP contribution in [0.1, 0.15) is 0 Å². The zero-order valence-corrected chi connectivity index (χ0v) is 32.5. The Morgan fingerprint density at radius 3 is 1.15 bits per heavy atom. The van der Waals surface area contributed by atoms with Crippen molar-refractivity contribution in [3.05, 3.63) is 212 Å². The Morgan fingerprint density at radius 2 is 0.600 bits per heavy atom. The molecule has 0 atom stereocenters. The predicted octanol–water partition coefficient (Wildman–Crippen LogP) is 15.1. The van der Waals surface area contributed by atoms with Crippen molar-refractivity contribution >= 4 is 64.6 Å². The molecule has 0 N–H and O–H groups in total. The van der Waals surface area contributed by atoms with Gasteiger partial charge in [0.2, 0.25) is 0 Å². The van der Waals surface area contributed by atoms with Gasteiger partial charge >= 0.3 is 0 Å². The first-order chi connectivity index (χ1) is 29.8. The number of hydrogen-bond acceptors (Lipinski definition) is 3. The molecule has 0 fully saturated rings. The van der Waals surface area contributed by atoms with E-state index in [1.54, 1.807) is 0 Å². The highest BCUT2D eigenvalue weighted by Crippen LogP contribution is 2.48. The van der Waals surface area contributed by atoms with Crippen LogP contribution in [0.25, 0.3) is 121 Å². The van der Waals surface area contributed by atoms with Crippen LogP contribution in [0.15, 0.2) is 212 Å². The zero-order chi connectivity index (χ0) is 39.6. The van der Waals surface area contributed by atoms with E-state index in [4.69, 9.17) is 15.0 Å². The number of fused-ring (bicyclic) bond motifs is 8. The summed E-state index contributed by atoms with van der Waals surface area (Å²) in [4.78, 5) is 15.5. The number of rotatable bonds is 5. The first kappa shape index (κ1) is 34.1. The molecular formula is C57H35N3. The molecule has 0 saturated heterocycles. The topological polar surface area (TPSA) is 38.7 Å². The van der Waals surface area contributed by atoms with Crippen LogP contribution in [0.5, 0.6) is 0 Å². The molecule has 12 aromatic rings. The maximum Gasteiger partial charge on any atom is 0.165 e. The van der Waals surface area contributed by atoms with Crippen molar-refractivity contribution in [3.63, 3.8) is 0 Å². The highest BCUT2D eigenvalue weighted by atomic mass is 15.0. The van der Waals surface area contributed by atoms with Gasteiger partial charge in [0.15, 0.2) is 17.5 Å². The molecule has 11 aromatic carbocycles. The van der Waals surface area contributed by atoms with Gasteiger partial charge in [-0.05, 0) is 99.0 Å². The molecule has 1 aromatic heterocycles. The second-order valence-electron chi connectivity index (χ2n) is 15.4. The first-order valence-corrected chi connectivity index (χ1v) is 20.4. The van der Waals surface area contributed by atoms with Gasteiger partial charge in [-0.15, -0.1) is 0 Å². The van der Waals surface area contributed by atoms with Gasteiger partial charge in [-0.25, -0.2) is 15.0 Å². The molecule has 0 radical (unpaired) electrons. The van der Waals surface area contributed by atoms with E-state index in [9.17, 15) is 0 Å². The molecule has 3 nitrogen and oxygen atoms in total. The molecule has 0 aliphatic rings. The average Bonchev–Trinajstić information content (AvgIpc) is 3.33. The second kappa shape index (κ2) is 13.8. The maximum atomic E-state index is 5.26. The van der Waals surface area contributed by atoms with E-state index in [1.807, 2.05) is 36.4 Å². The lowest BCUT2D eigenvalue weighted by molar-refractivity contribution is 1.08. The molecule has 0 spiro atoms. The molecule has 12 rings (SSSR count). The molecular weight excluding hydrogens is 727 g/mol. The van der Waals surface area contributed by atoms with Gasteiger partial charge in [-0.3, -0.25) is 0 Å². The SMILES string of the molecule is c1ccc(-c2nc(-c3ccccc3)nc(-c3c4ccccc4c(-c4cc5c6ccccc6c(-c6cccc7ccccc67)cc5c5ccccc45)c4ccccc34)n2)cc1. The normalized spacial score (nSPS) is 11.7. The zero-order valence-electron chi connectivity index (χ0n) is 32.5. The van der Waals surface area contributed by atoms with Crippen LogP contribution in [-0.4, -0.2) is 15.0 Å². The van der Waals surface area contributed by atoms with E-state index < -0.39 is 0 Å². The summed E-state index contributed by atoms with van der Waals surface area (Å²) in [5, 5.41) is 14.4. The Balaban J connectivity index is 1.17. The first-order valence-electron chi connectivity index (χ1n) is 20.4. The lowest BCUT2D eigenvalue weighted by Gasteiger charge is -2.20. The minimum Gasteiger partial charge on any atom is -0.208 e. The third-order valence-corrected chi connectivity index (χ3v) is 12.1. The molecule has 0 saturated carbocycles. The molecule has 0 aliphatic carbocycles. The van der Waals surface area contributed by atoms with Gasteiger partial charge < -0.3 is 0 Å².